The van der Waals surface area contributed by atoms with E-state index < -0.39 is 5.97 Å². The standard InChI is InChI=1S/C7H8N2O4/c1-12-6(11)3-13-7-5(10)2-8-4-9-7/h2,4,10H,3H2,1H3. The van der Waals surface area contributed by atoms with Gasteiger partial charge in [0.1, 0.15) is 6.33 Å². The van der Waals surface area contributed by atoms with Crippen molar-refractivity contribution in [3.05, 3.63) is 12.5 Å². The first kappa shape index (κ1) is 9.24. The number of nitrogens with zero attached hydrogens (tertiary/aromatic N) is 2. The Hall–Kier alpha value is -1.85. The predicted molar refractivity (Wildman–Crippen MR) is 41.2 cm³/mol. The molecule has 1 aromatic rings. The molecule has 0 atom stereocenters. The third kappa shape index (κ3) is 2.58. The van der Waals surface area contributed by atoms with Crippen LogP contribution in [0.15, 0.2) is 12.5 Å². The monoisotopic (exact) mass is 184 g/mol. The molecule has 0 saturated heterocycles. The predicted octanol–water partition coefficient (Wildman–Crippen LogP) is -0.266. The van der Waals surface area contributed by atoms with Gasteiger partial charge in [0.2, 0.25) is 0 Å². The van der Waals surface area contributed by atoms with E-state index in [9.17, 15) is 4.79 Å². The number of esters is 1. The second-order valence-corrected chi connectivity index (χ2v) is 2.08. The molecular formula is C7H8N2O4. The van der Waals surface area contributed by atoms with Crippen molar-refractivity contribution < 1.29 is 19.4 Å². The van der Waals surface area contributed by atoms with E-state index >= 15 is 0 Å². The Balaban J connectivity index is 2.54. The SMILES string of the molecule is COC(=O)COc1ncncc1O. The largest absolute Gasteiger partial charge is 0.502 e. The number of rotatable bonds is 3. The molecule has 0 radical (unpaired) electrons. The van der Waals surface area contributed by atoms with Crippen LogP contribution in [-0.2, 0) is 9.53 Å². The molecule has 0 saturated carbocycles. The smallest absolute Gasteiger partial charge is 0.343 e. The summed E-state index contributed by atoms with van der Waals surface area (Å²) in [6.07, 6.45) is 2.37. The van der Waals surface area contributed by atoms with Gasteiger partial charge in [-0.15, -0.1) is 0 Å². The van der Waals surface area contributed by atoms with Crippen LogP contribution in [0, 0.1) is 0 Å². The van der Waals surface area contributed by atoms with Gasteiger partial charge in [0.25, 0.3) is 5.88 Å². The van der Waals surface area contributed by atoms with Gasteiger partial charge in [0.15, 0.2) is 12.4 Å². The van der Waals surface area contributed by atoms with Crippen molar-refractivity contribution in [2.75, 3.05) is 13.7 Å². The Morgan fingerprint density at radius 1 is 1.69 bits per heavy atom. The van der Waals surface area contributed by atoms with Gasteiger partial charge in [-0.3, -0.25) is 0 Å². The molecule has 0 fully saturated rings. The fourth-order valence-electron chi connectivity index (χ4n) is 0.608. The Labute approximate surface area is 74.1 Å². The fraction of sp³-hybridized carbons (Fsp3) is 0.286. The van der Waals surface area contributed by atoms with Crippen LogP contribution in [0.25, 0.3) is 0 Å². The number of methoxy groups -OCH3 is 1. The lowest BCUT2D eigenvalue weighted by atomic mass is 10.6. The zero-order valence-electron chi connectivity index (χ0n) is 6.93. The number of aromatic nitrogens is 2. The van der Waals surface area contributed by atoms with Crippen LogP contribution in [0.1, 0.15) is 0 Å². The van der Waals surface area contributed by atoms with Crippen LogP contribution in [0.3, 0.4) is 0 Å². The molecule has 0 aliphatic heterocycles. The van der Waals surface area contributed by atoms with Gasteiger partial charge < -0.3 is 14.6 Å². The minimum Gasteiger partial charge on any atom is -0.502 e. The van der Waals surface area contributed by atoms with E-state index in [2.05, 4.69) is 14.7 Å². The summed E-state index contributed by atoms with van der Waals surface area (Å²) in [6.45, 7) is -0.291. The normalized spacial score (nSPS) is 9.31. The summed E-state index contributed by atoms with van der Waals surface area (Å²) in [5.41, 5.74) is 0. The zero-order chi connectivity index (χ0) is 9.68. The number of hydrogen-bond donors (Lipinski definition) is 1. The summed E-state index contributed by atoms with van der Waals surface area (Å²) >= 11 is 0. The highest BCUT2D eigenvalue weighted by molar-refractivity contribution is 5.70. The van der Waals surface area contributed by atoms with E-state index in [0.717, 1.165) is 0 Å². The van der Waals surface area contributed by atoms with Crippen molar-refractivity contribution in [2.45, 2.75) is 0 Å². The maximum atomic E-state index is 10.6. The molecule has 1 heterocycles. The summed E-state index contributed by atoms with van der Waals surface area (Å²) in [6, 6.07) is 0. The quantitative estimate of drug-likeness (QED) is 0.651. The molecule has 0 unspecified atom stereocenters. The first-order valence-corrected chi connectivity index (χ1v) is 3.42. The lowest BCUT2D eigenvalue weighted by molar-refractivity contribution is -0.143. The molecule has 13 heavy (non-hydrogen) atoms. The summed E-state index contributed by atoms with van der Waals surface area (Å²) in [5.74, 6) is -0.801. The molecule has 1 aromatic heterocycles. The topological polar surface area (TPSA) is 81.5 Å². The second kappa shape index (κ2) is 4.24. The first-order valence-electron chi connectivity index (χ1n) is 3.42. The molecule has 1 N–H and O–H groups in total. The molecule has 0 aromatic carbocycles. The van der Waals surface area contributed by atoms with Crippen LogP contribution in [0.4, 0.5) is 0 Å². The Morgan fingerprint density at radius 2 is 2.46 bits per heavy atom. The lowest BCUT2D eigenvalue weighted by Crippen LogP contribution is -2.13. The highest BCUT2D eigenvalue weighted by atomic mass is 16.6. The molecule has 1 rings (SSSR count). The van der Waals surface area contributed by atoms with E-state index in [4.69, 9.17) is 9.84 Å². The van der Waals surface area contributed by atoms with E-state index in [1.807, 2.05) is 0 Å². The van der Waals surface area contributed by atoms with Gasteiger partial charge >= 0.3 is 5.97 Å². The van der Waals surface area contributed by atoms with Gasteiger partial charge in [0, 0.05) is 0 Å². The average Bonchev–Trinajstić information content (AvgIpc) is 2.16. The van der Waals surface area contributed by atoms with Crippen LogP contribution in [0.5, 0.6) is 11.6 Å². The Kier molecular flexibility index (Phi) is 3.02. The summed E-state index contributed by atoms with van der Waals surface area (Å²) < 4.78 is 9.14. The van der Waals surface area contributed by atoms with Crippen molar-refractivity contribution in [2.24, 2.45) is 0 Å². The minimum atomic E-state index is -0.544. The molecule has 6 nitrogen and oxygen atoms in total. The van der Waals surface area contributed by atoms with E-state index in [-0.39, 0.29) is 18.2 Å². The highest BCUT2D eigenvalue weighted by Gasteiger charge is 2.06. The zero-order valence-corrected chi connectivity index (χ0v) is 6.93. The van der Waals surface area contributed by atoms with Gasteiger partial charge in [-0.1, -0.05) is 0 Å². The number of carbonyl (C=O) groups excluding carboxylic acids is 1. The van der Waals surface area contributed by atoms with Gasteiger partial charge in [-0.2, -0.15) is 4.98 Å². The first-order chi connectivity index (χ1) is 6.24. The third-order valence-corrected chi connectivity index (χ3v) is 1.21. The molecular weight excluding hydrogens is 176 g/mol. The lowest BCUT2D eigenvalue weighted by Gasteiger charge is -2.03. The highest BCUT2D eigenvalue weighted by Crippen LogP contribution is 2.19. The molecule has 0 aliphatic carbocycles. The number of ether oxygens (including phenoxy) is 2. The molecule has 0 amide bonds. The molecule has 0 aliphatic rings. The minimum absolute atomic E-state index is 0.0413. The molecule has 0 spiro atoms. The van der Waals surface area contributed by atoms with E-state index in [0.29, 0.717) is 0 Å². The van der Waals surface area contributed by atoms with Gasteiger partial charge in [0.05, 0.1) is 13.3 Å². The molecule has 0 bridgehead atoms. The second-order valence-electron chi connectivity index (χ2n) is 2.08. The van der Waals surface area contributed by atoms with Crippen molar-refractivity contribution in [3.8, 4) is 11.6 Å². The van der Waals surface area contributed by atoms with Crippen molar-refractivity contribution in [1.29, 1.82) is 0 Å². The summed E-state index contributed by atoms with van der Waals surface area (Å²) in [7, 11) is 1.24. The van der Waals surface area contributed by atoms with E-state index in [1.165, 1.54) is 19.6 Å². The van der Waals surface area contributed by atoms with Crippen LogP contribution < -0.4 is 4.74 Å². The van der Waals surface area contributed by atoms with Crippen LogP contribution in [-0.4, -0.2) is 34.8 Å². The number of aromatic hydroxyl groups is 1. The van der Waals surface area contributed by atoms with Crippen LogP contribution >= 0.6 is 0 Å². The van der Waals surface area contributed by atoms with Crippen LogP contribution in [0.2, 0.25) is 0 Å². The Morgan fingerprint density at radius 3 is 3.08 bits per heavy atom. The maximum absolute atomic E-state index is 10.6. The van der Waals surface area contributed by atoms with Crippen molar-refractivity contribution >= 4 is 5.97 Å². The Bertz CT molecular complexity index is 302. The number of hydrogen-bond acceptors (Lipinski definition) is 6. The summed E-state index contributed by atoms with van der Waals surface area (Å²) in [5, 5.41) is 9.09. The molecule has 70 valence electrons. The number of carbonyl (C=O) groups is 1. The van der Waals surface area contributed by atoms with Gasteiger partial charge in [-0.25, -0.2) is 9.78 Å². The van der Waals surface area contributed by atoms with Gasteiger partial charge in [-0.05, 0) is 0 Å². The third-order valence-electron chi connectivity index (χ3n) is 1.21. The van der Waals surface area contributed by atoms with E-state index in [1.54, 1.807) is 0 Å². The average molecular weight is 184 g/mol. The summed E-state index contributed by atoms with van der Waals surface area (Å²) in [4.78, 5) is 17.8. The fourth-order valence-corrected chi connectivity index (χ4v) is 0.608. The molecule has 6 heteroatoms. The maximum Gasteiger partial charge on any atom is 0.343 e. The van der Waals surface area contributed by atoms with Crippen molar-refractivity contribution in [3.63, 3.8) is 0 Å². The van der Waals surface area contributed by atoms with Crippen molar-refractivity contribution in [1.82, 2.24) is 9.97 Å².